The maximum atomic E-state index is 4.84. The van der Waals surface area contributed by atoms with Gasteiger partial charge in [0.2, 0.25) is 0 Å². The standard InChI is InChI=1S/C17H21N3.C4H10.C3H8.H2/c1-4-14(18-5-2)17-19-15-9-7-12-10-11(3)6-8-13(12)16(15)20-17;1-3-4-2;1-3-2;/h6-10,14,18H,4-5H2,1-3H3,(H,19,20);3-4H2,1-2H3;3H2,1-2H3;1H. The monoisotopic (exact) mass is 371 g/mol. The molecule has 0 amide bonds. The Labute approximate surface area is 167 Å². The molecule has 1 heterocycles. The molecule has 2 aromatic carbocycles. The van der Waals surface area contributed by atoms with Gasteiger partial charge in [-0.3, -0.25) is 0 Å². The van der Waals surface area contributed by atoms with Crippen molar-refractivity contribution < 1.29 is 1.43 Å². The number of hydrogen-bond acceptors (Lipinski definition) is 2. The maximum Gasteiger partial charge on any atom is 0.124 e. The van der Waals surface area contributed by atoms with E-state index in [1.165, 1.54) is 35.6 Å². The third kappa shape index (κ3) is 6.66. The zero-order valence-corrected chi connectivity index (χ0v) is 18.4. The van der Waals surface area contributed by atoms with Crippen LogP contribution in [0.15, 0.2) is 30.3 Å². The summed E-state index contributed by atoms with van der Waals surface area (Å²) in [6.45, 7) is 16.0. The Hall–Kier alpha value is -1.87. The number of imidazole rings is 1. The van der Waals surface area contributed by atoms with E-state index in [2.05, 4.69) is 89.1 Å². The van der Waals surface area contributed by atoms with Crippen LogP contribution in [-0.2, 0) is 0 Å². The summed E-state index contributed by atoms with van der Waals surface area (Å²) in [6.07, 6.45) is 4.92. The fraction of sp³-hybridized carbons (Fsp3) is 0.542. The minimum absolute atomic E-state index is 0. The summed E-state index contributed by atoms with van der Waals surface area (Å²) in [6, 6.07) is 11.1. The number of H-pyrrole nitrogens is 1. The highest BCUT2D eigenvalue weighted by Crippen LogP contribution is 2.26. The highest BCUT2D eigenvalue weighted by atomic mass is 15.0. The van der Waals surface area contributed by atoms with Crippen molar-refractivity contribution in [2.75, 3.05) is 6.54 Å². The van der Waals surface area contributed by atoms with Crippen LogP contribution in [0, 0.1) is 6.92 Å². The first kappa shape index (κ1) is 23.2. The molecule has 1 atom stereocenters. The molecule has 0 radical (unpaired) electrons. The predicted octanol–water partition coefficient (Wildman–Crippen LogP) is 7.55. The highest BCUT2D eigenvalue weighted by Gasteiger charge is 2.13. The first-order valence-electron chi connectivity index (χ1n) is 10.7. The molecule has 0 spiro atoms. The van der Waals surface area contributed by atoms with Crippen LogP contribution < -0.4 is 5.32 Å². The number of hydrogen-bond donors (Lipinski definition) is 2. The van der Waals surface area contributed by atoms with Gasteiger partial charge < -0.3 is 10.3 Å². The quantitative estimate of drug-likeness (QED) is 0.486. The highest BCUT2D eigenvalue weighted by molar-refractivity contribution is 6.04. The van der Waals surface area contributed by atoms with Crippen LogP contribution in [-0.4, -0.2) is 16.5 Å². The summed E-state index contributed by atoms with van der Waals surface area (Å²) in [5, 5.41) is 5.95. The largest absolute Gasteiger partial charge is 0.341 e. The van der Waals surface area contributed by atoms with Gasteiger partial charge in [-0.2, -0.15) is 0 Å². The number of benzene rings is 2. The molecule has 0 aliphatic carbocycles. The molecule has 3 heteroatoms. The molecule has 3 rings (SSSR count). The average molecular weight is 372 g/mol. The topological polar surface area (TPSA) is 40.7 Å². The molecule has 0 bridgehead atoms. The van der Waals surface area contributed by atoms with E-state index in [1.807, 2.05) is 0 Å². The van der Waals surface area contributed by atoms with Gasteiger partial charge in [-0.15, -0.1) is 0 Å². The normalized spacial score (nSPS) is 11.5. The Morgan fingerprint density at radius 2 is 1.67 bits per heavy atom. The smallest absolute Gasteiger partial charge is 0.124 e. The number of unbranched alkanes of at least 4 members (excludes halogenated alkanes) is 1. The van der Waals surface area contributed by atoms with E-state index in [9.17, 15) is 0 Å². The van der Waals surface area contributed by atoms with Gasteiger partial charge in [0.05, 0.1) is 17.1 Å². The molecule has 0 fully saturated rings. The van der Waals surface area contributed by atoms with Crippen molar-refractivity contribution in [1.82, 2.24) is 15.3 Å². The second-order valence-electron chi connectivity index (χ2n) is 7.03. The van der Waals surface area contributed by atoms with Crippen LogP contribution in [0.5, 0.6) is 0 Å². The summed E-state index contributed by atoms with van der Waals surface area (Å²) in [5.41, 5.74) is 3.48. The van der Waals surface area contributed by atoms with Crippen LogP contribution >= 0.6 is 0 Å². The van der Waals surface area contributed by atoms with Gasteiger partial charge in [0, 0.05) is 6.81 Å². The van der Waals surface area contributed by atoms with Gasteiger partial charge >= 0.3 is 0 Å². The van der Waals surface area contributed by atoms with E-state index in [1.54, 1.807) is 0 Å². The van der Waals surface area contributed by atoms with Crippen LogP contribution in [0.4, 0.5) is 0 Å². The molecule has 0 saturated heterocycles. The van der Waals surface area contributed by atoms with Crippen molar-refractivity contribution >= 4 is 21.8 Å². The molecule has 0 aliphatic rings. The Bertz CT molecular complexity index is 793. The van der Waals surface area contributed by atoms with Crippen molar-refractivity contribution in [3.8, 4) is 0 Å². The van der Waals surface area contributed by atoms with E-state index in [-0.39, 0.29) is 1.43 Å². The van der Waals surface area contributed by atoms with Crippen molar-refractivity contribution in [2.45, 2.75) is 80.2 Å². The fourth-order valence-corrected chi connectivity index (χ4v) is 2.79. The Morgan fingerprint density at radius 3 is 2.22 bits per heavy atom. The van der Waals surface area contributed by atoms with Crippen molar-refractivity contribution in [3.05, 3.63) is 41.7 Å². The summed E-state index contributed by atoms with van der Waals surface area (Å²) in [4.78, 5) is 8.31. The minimum Gasteiger partial charge on any atom is -0.341 e. The van der Waals surface area contributed by atoms with Gasteiger partial charge in [0.1, 0.15) is 5.82 Å². The average Bonchev–Trinajstić information content (AvgIpc) is 3.11. The summed E-state index contributed by atoms with van der Waals surface area (Å²) >= 11 is 0. The Morgan fingerprint density at radius 1 is 1.00 bits per heavy atom. The zero-order chi connectivity index (χ0) is 20.2. The lowest BCUT2D eigenvalue weighted by Crippen LogP contribution is -2.21. The van der Waals surface area contributed by atoms with E-state index in [0.29, 0.717) is 6.04 Å². The van der Waals surface area contributed by atoms with Gasteiger partial charge in [-0.1, -0.05) is 90.6 Å². The van der Waals surface area contributed by atoms with Crippen molar-refractivity contribution in [2.24, 2.45) is 0 Å². The van der Waals surface area contributed by atoms with Gasteiger partial charge in [-0.25, -0.2) is 4.98 Å². The number of fused-ring (bicyclic) bond motifs is 3. The molecule has 27 heavy (non-hydrogen) atoms. The Kier molecular flexibility index (Phi) is 10.7. The third-order valence-corrected chi connectivity index (χ3v) is 4.33. The first-order valence-corrected chi connectivity index (χ1v) is 10.7. The first-order chi connectivity index (χ1) is 13.1. The molecule has 1 unspecified atom stereocenters. The van der Waals surface area contributed by atoms with Crippen LogP contribution in [0.25, 0.3) is 21.8 Å². The van der Waals surface area contributed by atoms with Gasteiger partial charge in [0.15, 0.2) is 0 Å². The van der Waals surface area contributed by atoms with E-state index in [4.69, 9.17) is 4.98 Å². The lowest BCUT2D eigenvalue weighted by atomic mass is 10.1. The number of nitrogens with one attached hydrogen (secondary N) is 2. The maximum absolute atomic E-state index is 4.84. The molecular weight excluding hydrogens is 330 g/mol. The van der Waals surface area contributed by atoms with E-state index >= 15 is 0 Å². The SMILES string of the molecule is CCC.CCCC.CCNC(CC)c1nc2c(ccc3cc(C)ccc32)[nH]1.[HH]. The number of aromatic amines is 1. The minimum atomic E-state index is 0. The summed E-state index contributed by atoms with van der Waals surface area (Å²) < 4.78 is 0. The lowest BCUT2D eigenvalue weighted by molar-refractivity contribution is 0.516. The van der Waals surface area contributed by atoms with Crippen LogP contribution in [0.2, 0.25) is 0 Å². The summed E-state index contributed by atoms with van der Waals surface area (Å²) in [5.74, 6) is 1.04. The molecule has 3 nitrogen and oxygen atoms in total. The van der Waals surface area contributed by atoms with Gasteiger partial charge in [-0.05, 0) is 31.3 Å². The van der Waals surface area contributed by atoms with Crippen LogP contribution in [0.1, 0.15) is 86.1 Å². The summed E-state index contributed by atoms with van der Waals surface area (Å²) in [7, 11) is 0. The number of nitrogens with zero attached hydrogens (tertiary/aromatic N) is 1. The van der Waals surface area contributed by atoms with E-state index in [0.717, 1.165) is 29.8 Å². The Balaban J connectivity index is 0.000000798. The van der Waals surface area contributed by atoms with E-state index < -0.39 is 0 Å². The second kappa shape index (κ2) is 12.5. The fourth-order valence-electron chi connectivity index (χ4n) is 2.79. The van der Waals surface area contributed by atoms with Crippen molar-refractivity contribution in [3.63, 3.8) is 0 Å². The predicted molar refractivity (Wildman–Crippen MR) is 124 cm³/mol. The number of aryl methyl sites for hydroxylation is 1. The van der Waals surface area contributed by atoms with Crippen LogP contribution in [0.3, 0.4) is 0 Å². The zero-order valence-electron chi connectivity index (χ0n) is 18.4. The van der Waals surface area contributed by atoms with Gasteiger partial charge in [0.25, 0.3) is 0 Å². The molecule has 152 valence electrons. The lowest BCUT2D eigenvalue weighted by Gasteiger charge is -2.12. The molecule has 1 aromatic heterocycles. The number of aromatic nitrogens is 2. The molecule has 3 aromatic rings. The third-order valence-electron chi connectivity index (χ3n) is 4.33. The molecule has 0 aliphatic heterocycles. The molecular formula is C24H41N3. The second-order valence-corrected chi connectivity index (χ2v) is 7.03. The van der Waals surface area contributed by atoms with Crippen molar-refractivity contribution in [1.29, 1.82) is 0 Å². The molecule has 0 saturated carbocycles. The number of rotatable bonds is 5. The molecule has 2 N–H and O–H groups in total.